The van der Waals surface area contributed by atoms with Crippen molar-refractivity contribution in [3.8, 4) is 5.75 Å². The van der Waals surface area contributed by atoms with E-state index >= 15 is 0 Å². The number of benzene rings is 2. The Kier molecular flexibility index (Phi) is 6.45. The second kappa shape index (κ2) is 9.01. The molecule has 0 radical (unpaired) electrons. The van der Waals surface area contributed by atoms with Crippen molar-refractivity contribution < 1.29 is 13.9 Å². The summed E-state index contributed by atoms with van der Waals surface area (Å²) in [6.45, 7) is 1.74. The molecule has 0 fully saturated rings. The Morgan fingerprint density at radius 2 is 1.86 bits per heavy atom. The molecule has 0 aliphatic carbocycles. The Labute approximate surface area is 176 Å². The molecule has 3 rings (SSSR count). The summed E-state index contributed by atoms with van der Waals surface area (Å²) in [5.41, 5.74) is 2.07. The zero-order valence-electron chi connectivity index (χ0n) is 15.4. The van der Waals surface area contributed by atoms with Crippen molar-refractivity contribution in [1.82, 2.24) is 4.98 Å². The van der Waals surface area contributed by atoms with Crippen molar-refractivity contribution >= 4 is 45.7 Å². The zero-order valence-corrected chi connectivity index (χ0v) is 17.6. The van der Waals surface area contributed by atoms with Crippen LogP contribution in [0.25, 0.3) is 0 Å². The molecule has 0 bridgehead atoms. The van der Waals surface area contributed by atoms with E-state index in [0.717, 1.165) is 14.8 Å². The van der Waals surface area contributed by atoms with Crippen molar-refractivity contribution in [1.29, 1.82) is 0 Å². The van der Waals surface area contributed by atoms with E-state index in [0.29, 0.717) is 11.4 Å². The summed E-state index contributed by atoms with van der Waals surface area (Å²) in [4.78, 5) is 17.9. The number of amides is 1. The molecule has 0 saturated heterocycles. The number of nitrogens with zero attached hydrogens (tertiary/aromatic N) is 2. The molecular weight excluding hydrogens is 472 g/mol. The molecule has 0 atom stereocenters. The van der Waals surface area contributed by atoms with Gasteiger partial charge in [0.2, 0.25) is 11.9 Å². The van der Waals surface area contributed by atoms with E-state index in [-0.39, 0.29) is 18.3 Å². The summed E-state index contributed by atoms with van der Waals surface area (Å²) < 4.78 is 20.3. The largest absolute Gasteiger partial charge is 0.496 e. The molecule has 1 N–H and O–H groups in total. The highest BCUT2D eigenvalue weighted by Gasteiger charge is 2.19. The van der Waals surface area contributed by atoms with E-state index < -0.39 is 5.95 Å². The average molecular weight is 491 g/mol. The number of rotatable bonds is 6. The lowest BCUT2D eigenvalue weighted by Crippen LogP contribution is -2.29. The number of ether oxygens (including phenoxy) is 1. The molecule has 0 unspecified atom stereocenters. The van der Waals surface area contributed by atoms with Gasteiger partial charge in [0.1, 0.15) is 5.75 Å². The number of aromatic nitrogens is 1. The van der Waals surface area contributed by atoms with Crippen LogP contribution >= 0.6 is 22.6 Å². The van der Waals surface area contributed by atoms with Crippen LogP contribution < -0.4 is 15.0 Å². The van der Waals surface area contributed by atoms with E-state index in [1.807, 2.05) is 48.5 Å². The summed E-state index contributed by atoms with van der Waals surface area (Å²) in [6, 6.07) is 17.9. The fourth-order valence-electron chi connectivity index (χ4n) is 2.78. The number of halogens is 2. The molecule has 28 heavy (non-hydrogen) atoms. The van der Waals surface area contributed by atoms with Crippen LogP contribution in [0.1, 0.15) is 12.5 Å². The first-order valence-corrected chi connectivity index (χ1v) is 9.65. The van der Waals surface area contributed by atoms with Crippen LogP contribution in [0.15, 0.2) is 60.7 Å². The Morgan fingerprint density at radius 1 is 1.14 bits per heavy atom. The van der Waals surface area contributed by atoms with Gasteiger partial charge in [-0.15, -0.1) is 0 Å². The summed E-state index contributed by atoms with van der Waals surface area (Å²) in [6.07, 6.45) is 0. The van der Waals surface area contributed by atoms with E-state index in [1.54, 1.807) is 18.1 Å². The third-order valence-electron chi connectivity index (χ3n) is 4.14. The fraction of sp³-hybridized carbons (Fsp3) is 0.143. The molecule has 1 amide bonds. The van der Waals surface area contributed by atoms with Crippen molar-refractivity contribution in [3.05, 3.63) is 75.7 Å². The minimum absolute atomic E-state index is 0.190. The molecule has 1 aromatic heterocycles. The normalized spacial score (nSPS) is 10.4. The Balaban J connectivity index is 1.98. The molecule has 0 spiro atoms. The van der Waals surface area contributed by atoms with Crippen LogP contribution in [0.5, 0.6) is 5.75 Å². The lowest BCUT2D eigenvalue weighted by atomic mass is 10.1. The molecular formula is C21H19FIN3O2. The third kappa shape index (κ3) is 4.78. The van der Waals surface area contributed by atoms with Gasteiger partial charge in [0, 0.05) is 21.7 Å². The number of anilines is 3. The lowest BCUT2D eigenvalue weighted by Gasteiger charge is -2.24. The molecule has 2 aromatic carbocycles. The van der Waals surface area contributed by atoms with E-state index in [4.69, 9.17) is 4.74 Å². The SMILES string of the molecule is COc1ccccc1CN(C(C)=O)c1ccc(F)nc1Nc1ccc(I)cc1. The quantitative estimate of drug-likeness (QED) is 0.384. The monoisotopic (exact) mass is 491 g/mol. The minimum Gasteiger partial charge on any atom is -0.496 e. The van der Waals surface area contributed by atoms with E-state index in [2.05, 4.69) is 32.9 Å². The predicted molar refractivity (Wildman–Crippen MR) is 116 cm³/mol. The Bertz CT molecular complexity index is 980. The van der Waals surface area contributed by atoms with E-state index in [1.165, 1.54) is 13.0 Å². The predicted octanol–water partition coefficient (Wildman–Crippen LogP) is 5.13. The van der Waals surface area contributed by atoms with Crippen LogP contribution in [0.3, 0.4) is 0 Å². The molecule has 0 saturated carbocycles. The highest BCUT2D eigenvalue weighted by atomic mass is 127. The Morgan fingerprint density at radius 3 is 2.54 bits per heavy atom. The van der Waals surface area contributed by atoms with Crippen LogP contribution in [0.4, 0.5) is 21.6 Å². The summed E-state index contributed by atoms with van der Waals surface area (Å²) in [7, 11) is 1.58. The minimum atomic E-state index is -0.627. The van der Waals surface area contributed by atoms with Crippen molar-refractivity contribution in [2.45, 2.75) is 13.5 Å². The maximum Gasteiger partial charge on any atom is 0.224 e. The fourth-order valence-corrected chi connectivity index (χ4v) is 3.14. The topological polar surface area (TPSA) is 54.5 Å². The van der Waals surface area contributed by atoms with Gasteiger partial charge in [-0.05, 0) is 65.1 Å². The van der Waals surface area contributed by atoms with Crippen LogP contribution in [-0.4, -0.2) is 18.0 Å². The van der Waals surface area contributed by atoms with Gasteiger partial charge < -0.3 is 15.0 Å². The molecule has 0 aliphatic rings. The van der Waals surface area contributed by atoms with Crippen molar-refractivity contribution in [2.24, 2.45) is 0 Å². The number of carbonyl (C=O) groups is 1. The number of pyridine rings is 1. The van der Waals surface area contributed by atoms with Gasteiger partial charge in [0.25, 0.3) is 0 Å². The molecule has 3 aromatic rings. The average Bonchev–Trinajstić information content (AvgIpc) is 2.68. The lowest BCUT2D eigenvalue weighted by molar-refractivity contribution is -0.116. The number of hydrogen-bond acceptors (Lipinski definition) is 4. The number of nitrogens with one attached hydrogen (secondary N) is 1. The standard InChI is InChI=1S/C21H19FIN3O2/c1-14(27)26(13-15-5-3-4-6-19(15)28-2)18-11-12-20(22)25-21(18)24-17-9-7-16(23)8-10-17/h3-12H,13H2,1-2H3,(H,24,25). The highest BCUT2D eigenvalue weighted by molar-refractivity contribution is 14.1. The second-order valence-corrected chi connectivity index (χ2v) is 7.30. The molecule has 0 aliphatic heterocycles. The third-order valence-corrected chi connectivity index (χ3v) is 4.86. The molecule has 7 heteroatoms. The van der Waals surface area contributed by atoms with Crippen LogP contribution in [-0.2, 0) is 11.3 Å². The number of methoxy groups -OCH3 is 1. The maximum absolute atomic E-state index is 13.8. The first kappa shape index (κ1) is 20.1. The van der Waals surface area contributed by atoms with Gasteiger partial charge in [-0.2, -0.15) is 4.39 Å². The highest BCUT2D eigenvalue weighted by Crippen LogP contribution is 2.30. The van der Waals surface area contributed by atoms with Crippen LogP contribution in [0, 0.1) is 9.52 Å². The second-order valence-electron chi connectivity index (χ2n) is 6.05. The maximum atomic E-state index is 13.8. The zero-order chi connectivity index (χ0) is 20.1. The number of para-hydroxylation sites is 1. The van der Waals surface area contributed by atoms with Gasteiger partial charge in [0.05, 0.1) is 19.3 Å². The Hall–Kier alpha value is -2.68. The smallest absolute Gasteiger partial charge is 0.224 e. The van der Waals surface area contributed by atoms with Crippen molar-refractivity contribution in [2.75, 3.05) is 17.3 Å². The summed E-state index contributed by atoms with van der Waals surface area (Å²) in [5.74, 6) is 0.129. The summed E-state index contributed by atoms with van der Waals surface area (Å²) in [5, 5.41) is 3.11. The van der Waals surface area contributed by atoms with Gasteiger partial charge >= 0.3 is 0 Å². The van der Waals surface area contributed by atoms with E-state index in [9.17, 15) is 9.18 Å². The summed E-state index contributed by atoms with van der Waals surface area (Å²) >= 11 is 2.21. The van der Waals surface area contributed by atoms with Gasteiger partial charge in [-0.3, -0.25) is 4.79 Å². The van der Waals surface area contributed by atoms with Crippen molar-refractivity contribution in [3.63, 3.8) is 0 Å². The number of hydrogen-bond donors (Lipinski definition) is 1. The van der Waals surface area contributed by atoms with Crippen LogP contribution in [0.2, 0.25) is 0 Å². The molecule has 144 valence electrons. The first-order chi connectivity index (χ1) is 13.5. The van der Waals surface area contributed by atoms with Gasteiger partial charge in [-0.1, -0.05) is 18.2 Å². The van der Waals surface area contributed by atoms with Gasteiger partial charge in [-0.25, -0.2) is 4.98 Å². The first-order valence-electron chi connectivity index (χ1n) is 8.57. The number of carbonyl (C=O) groups excluding carboxylic acids is 1. The van der Waals surface area contributed by atoms with Gasteiger partial charge in [0.15, 0.2) is 5.82 Å². The molecule has 5 nitrogen and oxygen atoms in total. The molecule has 1 heterocycles.